The van der Waals surface area contributed by atoms with Gasteiger partial charge < -0.3 is 10.6 Å². The first-order valence-electron chi connectivity index (χ1n) is 7.32. The lowest BCUT2D eigenvalue weighted by Crippen LogP contribution is -2.18. The van der Waals surface area contributed by atoms with Crippen LogP contribution in [0.4, 0.5) is 11.5 Å². The van der Waals surface area contributed by atoms with Crippen LogP contribution in [0.5, 0.6) is 0 Å². The number of para-hydroxylation sites is 1. The molecule has 0 fully saturated rings. The van der Waals surface area contributed by atoms with Crippen molar-refractivity contribution in [1.82, 2.24) is 4.98 Å². The van der Waals surface area contributed by atoms with Gasteiger partial charge in [-0.3, -0.25) is 9.59 Å². The van der Waals surface area contributed by atoms with E-state index in [1.165, 1.54) is 0 Å². The molecule has 0 aliphatic heterocycles. The minimum absolute atomic E-state index is 0.0834. The van der Waals surface area contributed by atoms with E-state index in [2.05, 4.69) is 15.6 Å². The summed E-state index contributed by atoms with van der Waals surface area (Å²) in [7, 11) is 0. The number of pyridine rings is 1. The van der Waals surface area contributed by atoms with Gasteiger partial charge in [0.1, 0.15) is 5.82 Å². The SMILES string of the molecule is CCCCC(=O)Nc1ccccc1C(=O)Nc1ccccn1. The molecule has 0 saturated heterocycles. The molecule has 0 spiro atoms. The van der Waals surface area contributed by atoms with Gasteiger partial charge in [0.2, 0.25) is 5.91 Å². The van der Waals surface area contributed by atoms with E-state index >= 15 is 0 Å². The molecule has 2 aromatic rings. The Morgan fingerprint density at radius 3 is 2.55 bits per heavy atom. The van der Waals surface area contributed by atoms with E-state index in [9.17, 15) is 9.59 Å². The van der Waals surface area contributed by atoms with Crippen LogP contribution in [0.3, 0.4) is 0 Å². The summed E-state index contributed by atoms with van der Waals surface area (Å²) in [6.45, 7) is 2.03. The van der Waals surface area contributed by atoms with Crippen molar-refractivity contribution < 1.29 is 9.59 Å². The lowest BCUT2D eigenvalue weighted by Gasteiger charge is -2.11. The lowest BCUT2D eigenvalue weighted by atomic mass is 10.1. The minimum Gasteiger partial charge on any atom is -0.325 e. The zero-order chi connectivity index (χ0) is 15.8. The maximum Gasteiger partial charge on any atom is 0.258 e. The molecule has 2 rings (SSSR count). The summed E-state index contributed by atoms with van der Waals surface area (Å²) >= 11 is 0. The van der Waals surface area contributed by atoms with Crippen molar-refractivity contribution in [3.05, 3.63) is 54.2 Å². The topological polar surface area (TPSA) is 71.1 Å². The Labute approximate surface area is 129 Å². The number of hydrogen-bond donors (Lipinski definition) is 2. The first-order valence-corrected chi connectivity index (χ1v) is 7.32. The van der Waals surface area contributed by atoms with E-state index in [1.807, 2.05) is 6.92 Å². The zero-order valence-electron chi connectivity index (χ0n) is 12.5. The summed E-state index contributed by atoms with van der Waals surface area (Å²) in [4.78, 5) is 28.2. The molecule has 0 aliphatic carbocycles. The predicted octanol–water partition coefficient (Wildman–Crippen LogP) is 3.46. The van der Waals surface area contributed by atoms with Gasteiger partial charge in [-0.1, -0.05) is 31.5 Å². The summed E-state index contributed by atoms with van der Waals surface area (Å²) in [5, 5.41) is 5.51. The average molecular weight is 297 g/mol. The Hall–Kier alpha value is -2.69. The average Bonchev–Trinajstić information content (AvgIpc) is 2.54. The van der Waals surface area contributed by atoms with Gasteiger partial charge in [0.25, 0.3) is 5.91 Å². The number of amides is 2. The highest BCUT2D eigenvalue weighted by molar-refractivity contribution is 6.09. The quantitative estimate of drug-likeness (QED) is 0.857. The maximum atomic E-state index is 12.3. The molecule has 5 heteroatoms. The summed E-state index contributed by atoms with van der Waals surface area (Å²) in [5.41, 5.74) is 0.926. The molecule has 5 nitrogen and oxygen atoms in total. The van der Waals surface area contributed by atoms with Crippen molar-refractivity contribution in [2.75, 3.05) is 10.6 Å². The van der Waals surface area contributed by atoms with E-state index in [-0.39, 0.29) is 11.8 Å². The highest BCUT2D eigenvalue weighted by Gasteiger charge is 2.13. The van der Waals surface area contributed by atoms with Gasteiger partial charge in [-0.05, 0) is 30.7 Å². The van der Waals surface area contributed by atoms with Crippen LogP contribution in [0.2, 0.25) is 0 Å². The number of aromatic nitrogens is 1. The standard InChI is InChI=1S/C17H19N3O2/c1-2-3-11-16(21)19-14-9-5-4-8-13(14)17(22)20-15-10-6-7-12-18-15/h4-10,12H,2-3,11H2,1H3,(H,19,21)(H,18,20,22). The van der Waals surface area contributed by atoms with E-state index in [0.29, 0.717) is 23.5 Å². The Bertz CT molecular complexity index is 641. The molecule has 0 aliphatic rings. The molecule has 1 aromatic heterocycles. The summed E-state index contributed by atoms with van der Waals surface area (Å²) in [5.74, 6) is 0.0876. The normalized spacial score (nSPS) is 10.0. The fourth-order valence-corrected chi connectivity index (χ4v) is 1.96. The molecule has 2 N–H and O–H groups in total. The van der Waals surface area contributed by atoms with Crippen LogP contribution in [-0.4, -0.2) is 16.8 Å². The fourth-order valence-electron chi connectivity index (χ4n) is 1.96. The van der Waals surface area contributed by atoms with Crippen molar-refractivity contribution in [3.63, 3.8) is 0 Å². The van der Waals surface area contributed by atoms with Gasteiger partial charge in [0.15, 0.2) is 0 Å². The van der Waals surface area contributed by atoms with Crippen LogP contribution in [0.15, 0.2) is 48.7 Å². The molecule has 1 aromatic carbocycles. The van der Waals surface area contributed by atoms with Gasteiger partial charge in [0.05, 0.1) is 11.3 Å². The number of anilines is 2. The smallest absolute Gasteiger partial charge is 0.258 e. The molecule has 0 saturated carbocycles. The van der Waals surface area contributed by atoms with Crippen LogP contribution in [0.1, 0.15) is 36.5 Å². The molecular formula is C17H19N3O2. The van der Waals surface area contributed by atoms with Gasteiger partial charge in [-0.15, -0.1) is 0 Å². The highest BCUT2D eigenvalue weighted by Crippen LogP contribution is 2.17. The molecule has 0 bridgehead atoms. The molecule has 22 heavy (non-hydrogen) atoms. The zero-order valence-corrected chi connectivity index (χ0v) is 12.5. The van der Waals surface area contributed by atoms with Crippen LogP contribution in [-0.2, 0) is 4.79 Å². The molecule has 0 atom stereocenters. The second-order valence-corrected chi connectivity index (χ2v) is 4.87. The fraction of sp³-hybridized carbons (Fsp3) is 0.235. The maximum absolute atomic E-state index is 12.3. The molecule has 0 radical (unpaired) electrons. The van der Waals surface area contributed by atoms with Crippen LogP contribution >= 0.6 is 0 Å². The van der Waals surface area contributed by atoms with E-state index in [1.54, 1.807) is 48.7 Å². The van der Waals surface area contributed by atoms with Crippen LogP contribution in [0, 0.1) is 0 Å². The number of rotatable bonds is 6. The van der Waals surface area contributed by atoms with E-state index in [4.69, 9.17) is 0 Å². The third-order valence-corrected chi connectivity index (χ3v) is 3.11. The van der Waals surface area contributed by atoms with E-state index < -0.39 is 0 Å². The molecule has 0 unspecified atom stereocenters. The highest BCUT2D eigenvalue weighted by atomic mass is 16.2. The van der Waals surface area contributed by atoms with Crippen molar-refractivity contribution in [2.24, 2.45) is 0 Å². The van der Waals surface area contributed by atoms with E-state index in [0.717, 1.165) is 12.8 Å². The van der Waals surface area contributed by atoms with Gasteiger partial charge in [-0.25, -0.2) is 4.98 Å². The number of benzene rings is 1. The van der Waals surface area contributed by atoms with Crippen LogP contribution < -0.4 is 10.6 Å². The monoisotopic (exact) mass is 297 g/mol. The first-order chi connectivity index (χ1) is 10.7. The number of carbonyl (C=O) groups is 2. The minimum atomic E-state index is -0.301. The Kier molecular flexibility index (Phi) is 5.65. The summed E-state index contributed by atoms with van der Waals surface area (Å²) in [6.07, 6.45) is 3.84. The third-order valence-electron chi connectivity index (χ3n) is 3.11. The third kappa shape index (κ3) is 4.41. The molecule has 1 heterocycles. The van der Waals surface area contributed by atoms with Crippen molar-refractivity contribution >= 4 is 23.3 Å². The second-order valence-electron chi connectivity index (χ2n) is 4.87. The Morgan fingerprint density at radius 2 is 1.82 bits per heavy atom. The van der Waals surface area contributed by atoms with Crippen molar-refractivity contribution in [1.29, 1.82) is 0 Å². The predicted molar refractivity (Wildman–Crippen MR) is 86.8 cm³/mol. The van der Waals surface area contributed by atoms with Gasteiger partial charge in [0, 0.05) is 12.6 Å². The Morgan fingerprint density at radius 1 is 1.05 bits per heavy atom. The summed E-state index contributed by atoms with van der Waals surface area (Å²) in [6, 6.07) is 12.2. The number of unbranched alkanes of at least 4 members (excludes halogenated alkanes) is 1. The van der Waals surface area contributed by atoms with Gasteiger partial charge >= 0.3 is 0 Å². The number of nitrogens with one attached hydrogen (secondary N) is 2. The first kappa shape index (κ1) is 15.7. The number of nitrogens with zero attached hydrogens (tertiary/aromatic N) is 1. The molecule has 2 amide bonds. The lowest BCUT2D eigenvalue weighted by molar-refractivity contribution is -0.116. The Balaban J connectivity index is 2.10. The molecule has 114 valence electrons. The van der Waals surface area contributed by atoms with Crippen LogP contribution in [0.25, 0.3) is 0 Å². The van der Waals surface area contributed by atoms with Crippen molar-refractivity contribution in [3.8, 4) is 0 Å². The van der Waals surface area contributed by atoms with Crippen molar-refractivity contribution in [2.45, 2.75) is 26.2 Å². The molecular weight excluding hydrogens is 278 g/mol. The number of hydrogen-bond acceptors (Lipinski definition) is 3. The number of carbonyl (C=O) groups excluding carboxylic acids is 2. The second kappa shape index (κ2) is 7.93. The largest absolute Gasteiger partial charge is 0.325 e. The van der Waals surface area contributed by atoms with Gasteiger partial charge in [-0.2, -0.15) is 0 Å². The summed E-state index contributed by atoms with van der Waals surface area (Å²) < 4.78 is 0.